The number of carbonyl (C=O) groups excluding carboxylic acids is 1. The van der Waals surface area contributed by atoms with Crippen LogP contribution in [-0.4, -0.2) is 43.5 Å². The van der Waals surface area contributed by atoms with Crippen LogP contribution < -0.4 is 4.74 Å². The predicted molar refractivity (Wildman–Crippen MR) is 110 cm³/mol. The van der Waals surface area contributed by atoms with Gasteiger partial charge in [0.25, 0.3) is 0 Å². The molecule has 0 aliphatic rings. The van der Waals surface area contributed by atoms with Gasteiger partial charge in [-0.25, -0.2) is 4.79 Å². The summed E-state index contributed by atoms with van der Waals surface area (Å²) in [4.78, 5) is 13.2. The van der Waals surface area contributed by atoms with Gasteiger partial charge in [-0.3, -0.25) is 4.90 Å². The van der Waals surface area contributed by atoms with E-state index in [1.54, 1.807) is 18.2 Å². The molecule has 0 unspecified atom stereocenters. The number of hydrogen-bond acceptors (Lipinski definition) is 6. The molecule has 0 atom stereocenters. The van der Waals surface area contributed by atoms with Crippen molar-refractivity contribution in [2.45, 2.75) is 13.1 Å². The first-order valence-corrected chi connectivity index (χ1v) is 9.50. The molecule has 0 spiro atoms. The van der Waals surface area contributed by atoms with Crippen molar-refractivity contribution in [3.05, 3.63) is 70.2 Å². The van der Waals surface area contributed by atoms with Crippen LogP contribution >= 0.6 is 15.9 Å². The molecule has 0 amide bonds. The Morgan fingerprint density at radius 1 is 1.14 bits per heavy atom. The number of hydrogen-bond donors (Lipinski definition) is 1. The molecule has 150 valence electrons. The number of halogens is 1. The molecule has 7 heteroatoms. The number of aromatic hydroxyl groups is 1. The topological polar surface area (TPSA) is 68.2 Å². The number of carbonyl (C=O) groups is 1. The Labute approximate surface area is 173 Å². The molecule has 2 aromatic carbocycles. The summed E-state index contributed by atoms with van der Waals surface area (Å²) in [5, 5.41) is 10.1. The van der Waals surface area contributed by atoms with E-state index in [2.05, 4.69) is 37.7 Å². The molecule has 0 aliphatic carbocycles. The highest BCUT2D eigenvalue weighted by atomic mass is 79.9. The second-order valence-electron chi connectivity index (χ2n) is 6.01. The molecular weight excluding hydrogens is 426 g/mol. The van der Waals surface area contributed by atoms with Crippen molar-refractivity contribution in [2.24, 2.45) is 0 Å². The number of phenolic OH excluding ortho intramolecular Hbond substituents is 1. The van der Waals surface area contributed by atoms with Crippen molar-refractivity contribution in [1.29, 1.82) is 0 Å². The third-order valence-corrected chi connectivity index (χ3v) is 4.72. The largest absolute Gasteiger partial charge is 0.508 e. The minimum absolute atomic E-state index is 0.0994. The number of ether oxygens (including phenoxy) is 3. The van der Waals surface area contributed by atoms with Gasteiger partial charge in [0.05, 0.1) is 14.2 Å². The summed E-state index contributed by atoms with van der Waals surface area (Å²) in [5.41, 5.74) is 2.11. The Kier molecular flexibility index (Phi) is 8.84. The maximum atomic E-state index is 11.0. The minimum atomic E-state index is -0.705. The number of rotatable bonds is 9. The number of benzene rings is 2. The van der Waals surface area contributed by atoms with Gasteiger partial charge in [0.15, 0.2) is 11.5 Å². The monoisotopic (exact) mass is 449 g/mol. The van der Waals surface area contributed by atoms with E-state index in [-0.39, 0.29) is 12.4 Å². The fourth-order valence-electron chi connectivity index (χ4n) is 2.61. The van der Waals surface area contributed by atoms with Crippen molar-refractivity contribution in [2.75, 3.05) is 27.4 Å². The van der Waals surface area contributed by atoms with Gasteiger partial charge in [-0.05, 0) is 29.3 Å². The summed E-state index contributed by atoms with van der Waals surface area (Å²) in [5.74, 6) is 0.521. The van der Waals surface area contributed by atoms with E-state index in [0.29, 0.717) is 18.8 Å². The van der Waals surface area contributed by atoms with Crippen LogP contribution in [0.25, 0.3) is 0 Å². The van der Waals surface area contributed by atoms with Crippen molar-refractivity contribution >= 4 is 22.1 Å². The van der Waals surface area contributed by atoms with Crippen LogP contribution in [-0.2, 0) is 22.6 Å². The van der Waals surface area contributed by atoms with Gasteiger partial charge in [-0.2, -0.15) is 0 Å². The van der Waals surface area contributed by atoms with Crippen LogP contribution in [0.1, 0.15) is 11.1 Å². The van der Waals surface area contributed by atoms with Crippen molar-refractivity contribution in [1.82, 2.24) is 4.90 Å². The predicted octanol–water partition coefficient (Wildman–Crippen LogP) is 4.50. The molecule has 0 saturated carbocycles. The lowest BCUT2D eigenvalue weighted by Crippen LogP contribution is -2.23. The number of methoxy groups -OCH3 is 2. The highest BCUT2D eigenvalue weighted by molar-refractivity contribution is 9.10. The van der Waals surface area contributed by atoms with Crippen molar-refractivity contribution < 1.29 is 24.1 Å². The van der Waals surface area contributed by atoms with E-state index in [0.717, 1.165) is 16.6 Å². The van der Waals surface area contributed by atoms with E-state index < -0.39 is 6.16 Å². The maximum absolute atomic E-state index is 11.0. The fourth-order valence-corrected chi connectivity index (χ4v) is 3.05. The lowest BCUT2D eigenvalue weighted by atomic mass is 10.1. The summed E-state index contributed by atoms with van der Waals surface area (Å²) < 4.78 is 15.3. The number of phenols is 1. The van der Waals surface area contributed by atoms with Crippen molar-refractivity contribution in [3.63, 3.8) is 0 Å². The van der Waals surface area contributed by atoms with E-state index >= 15 is 0 Å². The van der Waals surface area contributed by atoms with Gasteiger partial charge < -0.3 is 19.3 Å². The van der Waals surface area contributed by atoms with Crippen molar-refractivity contribution in [3.8, 4) is 11.5 Å². The summed E-state index contributed by atoms with van der Waals surface area (Å²) in [6.07, 6.45) is 3.00. The van der Waals surface area contributed by atoms with Gasteiger partial charge in [0.1, 0.15) is 6.61 Å². The zero-order valence-corrected chi connectivity index (χ0v) is 17.5. The van der Waals surface area contributed by atoms with E-state index in [1.165, 1.54) is 19.8 Å². The van der Waals surface area contributed by atoms with Crippen LogP contribution in [0.2, 0.25) is 0 Å². The lowest BCUT2D eigenvalue weighted by Gasteiger charge is -2.22. The molecule has 0 bridgehead atoms. The Balaban J connectivity index is 2.08. The van der Waals surface area contributed by atoms with Crippen LogP contribution in [0.3, 0.4) is 0 Å². The summed E-state index contributed by atoms with van der Waals surface area (Å²) in [7, 11) is 2.79. The number of nitrogens with zero attached hydrogens (tertiary/aromatic N) is 1. The van der Waals surface area contributed by atoms with Gasteiger partial charge in [0.2, 0.25) is 0 Å². The Hall–Kier alpha value is -2.51. The molecule has 0 aliphatic heterocycles. The zero-order valence-electron chi connectivity index (χ0n) is 15.9. The molecule has 0 fully saturated rings. The minimum Gasteiger partial charge on any atom is -0.504 e. The Morgan fingerprint density at radius 3 is 2.57 bits per heavy atom. The second kappa shape index (κ2) is 11.4. The van der Waals surface area contributed by atoms with Gasteiger partial charge in [-0.1, -0.05) is 52.3 Å². The van der Waals surface area contributed by atoms with Gasteiger partial charge in [0, 0.05) is 24.1 Å². The SMILES string of the molecule is COC(=O)OC/C=C/CN(Cc1ccccc1)Cc1cc(O)c(OC)cc1Br. The molecular formula is C21H24BrNO5. The molecule has 1 N–H and O–H groups in total. The lowest BCUT2D eigenvalue weighted by molar-refractivity contribution is 0.0817. The zero-order chi connectivity index (χ0) is 20.4. The molecule has 0 radical (unpaired) electrons. The van der Waals surface area contributed by atoms with E-state index in [1.807, 2.05) is 24.3 Å². The first kappa shape index (κ1) is 21.8. The summed E-state index contributed by atoms with van der Waals surface area (Å²) in [6, 6.07) is 13.6. The standard InChI is InChI=1S/C21H24BrNO5/c1-26-20-13-18(22)17(12-19(20)24)15-23(14-16-8-4-3-5-9-16)10-6-7-11-28-21(25)27-2/h3-9,12-13,24H,10-11,14-15H2,1-2H3/b7-6+. The summed E-state index contributed by atoms with van der Waals surface area (Å²) in [6.45, 7) is 2.12. The molecule has 0 heterocycles. The molecule has 28 heavy (non-hydrogen) atoms. The average Bonchev–Trinajstić information content (AvgIpc) is 2.70. The van der Waals surface area contributed by atoms with Crippen LogP contribution in [0.4, 0.5) is 4.79 Å². The molecule has 2 rings (SSSR count). The van der Waals surface area contributed by atoms with Gasteiger partial charge in [-0.15, -0.1) is 0 Å². The smallest absolute Gasteiger partial charge is 0.504 e. The third kappa shape index (κ3) is 6.90. The fraction of sp³-hybridized carbons (Fsp3) is 0.286. The quantitative estimate of drug-likeness (QED) is 0.448. The van der Waals surface area contributed by atoms with Crippen LogP contribution in [0.5, 0.6) is 11.5 Å². The van der Waals surface area contributed by atoms with E-state index in [9.17, 15) is 9.90 Å². The first-order chi connectivity index (χ1) is 13.5. The molecule has 0 aromatic heterocycles. The Bertz CT molecular complexity index is 795. The third-order valence-electron chi connectivity index (χ3n) is 3.99. The maximum Gasteiger partial charge on any atom is 0.508 e. The second-order valence-corrected chi connectivity index (χ2v) is 6.86. The summed E-state index contributed by atoms with van der Waals surface area (Å²) >= 11 is 3.55. The average molecular weight is 450 g/mol. The van der Waals surface area contributed by atoms with Crippen LogP contribution in [0.15, 0.2) is 59.1 Å². The van der Waals surface area contributed by atoms with E-state index in [4.69, 9.17) is 9.47 Å². The van der Waals surface area contributed by atoms with Crippen LogP contribution in [0, 0.1) is 0 Å². The Morgan fingerprint density at radius 2 is 1.89 bits per heavy atom. The molecule has 6 nitrogen and oxygen atoms in total. The van der Waals surface area contributed by atoms with Gasteiger partial charge >= 0.3 is 6.16 Å². The highest BCUT2D eigenvalue weighted by Crippen LogP contribution is 2.33. The highest BCUT2D eigenvalue weighted by Gasteiger charge is 2.12. The molecule has 0 saturated heterocycles. The molecule has 2 aromatic rings. The first-order valence-electron chi connectivity index (χ1n) is 8.71. The normalized spacial score (nSPS) is 11.0.